The molecule has 8 heteroatoms. The molecule has 1 saturated heterocycles. The number of anilines is 1. The first kappa shape index (κ1) is 17.4. The molecule has 1 aromatic carbocycles. The standard InChI is InChI=1S/C15H20N2O5S/c1-2-15(19)22-11-14(18)16-12-6-5-7-13(10-12)23(20,21)17-8-3-4-9-17/h5-7,10H,2-4,8-9,11H2,1H3,(H,16,18). The smallest absolute Gasteiger partial charge is 0.306 e. The number of carbonyl (C=O) groups excluding carboxylic acids is 2. The molecule has 2 rings (SSSR count). The number of hydrogen-bond donors (Lipinski definition) is 1. The molecule has 1 N–H and O–H groups in total. The molecule has 0 aromatic heterocycles. The predicted octanol–water partition coefficient (Wildman–Crippen LogP) is 1.36. The molecule has 1 amide bonds. The molecule has 0 aliphatic carbocycles. The number of ether oxygens (including phenoxy) is 1. The Hall–Kier alpha value is -1.93. The molecule has 1 aliphatic heterocycles. The number of carbonyl (C=O) groups is 2. The van der Waals surface area contributed by atoms with Crippen molar-refractivity contribution < 1.29 is 22.7 Å². The average Bonchev–Trinajstić information content (AvgIpc) is 3.08. The molecule has 126 valence electrons. The molecule has 23 heavy (non-hydrogen) atoms. The van der Waals surface area contributed by atoms with Crippen LogP contribution in [0.1, 0.15) is 26.2 Å². The zero-order valence-corrected chi connectivity index (χ0v) is 13.8. The Morgan fingerprint density at radius 2 is 1.96 bits per heavy atom. The van der Waals surface area contributed by atoms with Gasteiger partial charge in [-0.3, -0.25) is 9.59 Å². The summed E-state index contributed by atoms with van der Waals surface area (Å²) in [4.78, 5) is 22.9. The minimum absolute atomic E-state index is 0.141. The van der Waals surface area contributed by atoms with E-state index in [1.807, 2.05) is 0 Å². The van der Waals surface area contributed by atoms with Gasteiger partial charge in [-0.05, 0) is 31.0 Å². The van der Waals surface area contributed by atoms with Crippen molar-refractivity contribution in [2.24, 2.45) is 0 Å². The van der Waals surface area contributed by atoms with Gasteiger partial charge in [-0.1, -0.05) is 13.0 Å². The molecule has 0 saturated carbocycles. The van der Waals surface area contributed by atoms with E-state index in [2.05, 4.69) is 5.32 Å². The van der Waals surface area contributed by atoms with Crippen LogP contribution in [0.5, 0.6) is 0 Å². The van der Waals surface area contributed by atoms with E-state index >= 15 is 0 Å². The van der Waals surface area contributed by atoms with Crippen molar-refractivity contribution in [3.8, 4) is 0 Å². The van der Waals surface area contributed by atoms with Gasteiger partial charge in [0.1, 0.15) is 0 Å². The van der Waals surface area contributed by atoms with E-state index in [1.165, 1.54) is 16.4 Å². The largest absolute Gasteiger partial charge is 0.456 e. The molecule has 7 nitrogen and oxygen atoms in total. The Morgan fingerprint density at radius 3 is 2.61 bits per heavy atom. The fraction of sp³-hybridized carbons (Fsp3) is 0.467. The second-order valence-corrected chi connectivity index (χ2v) is 7.14. The van der Waals surface area contributed by atoms with Gasteiger partial charge in [0.15, 0.2) is 6.61 Å². The van der Waals surface area contributed by atoms with Crippen LogP contribution in [0.15, 0.2) is 29.2 Å². The molecule has 0 bridgehead atoms. The second-order valence-electron chi connectivity index (χ2n) is 5.20. The Labute approximate surface area is 135 Å². The highest BCUT2D eigenvalue weighted by Crippen LogP contribution is 2.23. The third-order valence-electron chi connectivity index (χ3n) is 3.47. The number of rotatable bonds is 6. The van der Waals surface area contributed by atoms with Crippen LogP contribution in [0.25, 0.3) is 0 Å². The zero-order chi connectivity index (χ0) is 16.9. The lowest BCUT2D eigenvalue weighted by Crippen LogP contribution is -2.28. The van der Waals surface area contributed by atoms with Gasteiger partial charge in [-0.2, -0.15) is 4.31 Å². The van der Waals surface area contributed by atoms with Gasteiger partial charge < -0.3 is 10.1 Å². The predicted molar refractivity (Wildman–Crippen MR) is 84.3 cm³/mol. The molecule has 0 unspecified atom stereocenters. The van der Waals surface area contributed by atoms with Gasteiger partial charge in [0, 0.05) is 25.2 Å². The highest BCUT2D eigenvalue weighted by molar-refractivity contribution is 7.89. The molecule has 1 aliphatic rings. The van der Waals surface area contributed by atoms with Crippen LogP contribution >= 0.6 is 0 Å². The van der Waals surface area contributed by atoms with Crippen LogP contribution in [-0.4, -0.2) is 44.3 Å². The summed E-state index contributed by atoms with van der Waals surface area (Å²) >= 11 is 0. The van der Waals surface area contributed by atoms with E-state index in [0.717, 1.165) is 12.8 Å². The topological polar surface area (TPSA) is 92.8 Å². The Kier molecular flexibility index (Phi) is 5.73. The maximum Gasteiger partial charge on any atom is 0.306 e. The van der Waals surface area contributed by atoms with Gasteiger partial charge in [0.2, 0.25) is 10.0 Å². The van der Waals surface area contributed by atoms with Crippen molar-refractivity contribution in [2.45, 2.75) is 31.1 Å². The molecule has 0 spiro atoms. The zero-order valence-electron chi connectivity index (χ0n) is 12.9. The first-order valence-corrected chi connectivity index (χ1v) is 8.93. The summed E-state index contributed by atoms with van der Waals surface area (Å²) in [6.45, 7) is 2.28. The SMILES string of the molecule is CCC(=O)OCC(=O)Nc1cccc(S(=O)(=O)N2CCCC2)c1. The molecule has 0 atom stereocenters. The van der Waals surface area contributed by atoms with Crippen molar-refractivity contribution in [3.63, 3.8) is 0 Å². The Morgan fingerprint density at radius 1 is 1.26 bits per heavy atom. The summed E-state index contributed by atoms with van der Waals surface area (Å²) in [5.74, 6) is -0.979. The number of sulfonamides is 1. The molecule has 1 fully saturated rings. The summed E-state index contributed by atoms with van der Waals surface area (Å²) in [7, 11) is -3.53. The molecular formula is C15H20N2O5S. The lowest BCUT2D eigenvalue weighted by Gasteiger charge is -2.16. The third kappa shape index (κ3) is 4.52. The summed E-state index contributed by atoms with van der Waals surface area (Å²) in [6.07, 6.45) is 1.91. The average molecular weight is 340 g/mol. The Bertz CT molecular complexity index is 681. The van der Waals surface area contributed by atoms with Gasteiger partial charge >= 0.3 is 5.97 Å². The van der Waals surface area contributed by atoms with E-state index in [1.54, 1.807) is 19.1 Å². The first-order chi connectivity index (χ1) is 10.9. The lowest BCUT2D eigenvalue weighted by atomic mass is 10.3. The fourth-order valence-corrected chi connectivity index (χ4v) is 3.82. The summed E-state index contributed by atoms with van der Waals surface area (Å²) in [5, 5.41) is 2.53. The number of nitrogens with zero attached hydrogens (tertiary/aromatic N) is 1. The number of nitrogens with one attached hydrogen (secondary N) is 1. The maximum absolute atomic E-state index is 12.5. The van der Waals surface area contributed by atoms with Crippen molar-refractivity contribution in [1.29, 1.82) is 0 Å². The normalized spacial score (nSPS) is 15.3. The number of benzene rings is 1. The van der Waals surface area contributed by atoms with Gasteiger partial charge in [-0.15, -0.1) is 0 Å². The van der Waals surface area contributed by atoms with Crippen molar-refractivity contribution >= 4 is 27.6 Å². The Balaban J connectivity index is 2.05. The van der Waals surface area contributed by atoms with Crippen molar-refractivity contribution in [1.82, 2.24) is 4.31 Å². The van der Waals surface area contributed by atoms with Crippen LogP contribution in [0.4, 0.5) is 5.69 Å². The van der Waals surface area contributed by atoms with Crippen LogP contribution < -0.4 is 5.32 Å². The van der Waals surface area contributed by atoms with Crippen molar-refractivity contribution in [2.75, 3.05) is 25.0 Å². The lowest BCUT2D eigenvalue weighted by molar-refractivity contribution is -0.146. The minimum atomic E-state index is -3.53. The first-order valence-electron chi connectivity index (χ1n) is 7.49. The quantitative estimate of drug-likeness (QED) is 0.789. The summed E-state index contributed by atoms with van der Waals surface area (Å²) in [6, 6.07) is 6.06. The van der Waals surface area contributed by atoms with Gasteiger partial charge in [0.25, 0.3) is 5.91 Å². The monoisotopic (exact) mass is 340 g/mol. The van der Waals surface area contributed by atoms with E-state index in [0.29, 0.717) is 18.8 Å². The van der Waals surface area contributed by atoms with Gasteiger partial charge in [0.05, 0.1) is 4.90 Å². The fourth-order valence-electron chi connectivity index (χ4n) is 2.26. The molecule has 1 aromatic rings. The van der Waals surface area contributed by atoms with E-state index in [-0.39, 0.29) is 11.3 Å². The highest BCUT2D eigenvalue weighted by Gasteiger charge is 2.27. The number of amides is 1. The van der Waals surface area contributed by atoms with Crippen LogP contribution in [0, 0.1) is 0 Å². The van der Waals surface area contributed by atoms with Crippen LogP contribution in [0.2, 0.25) is 0 Å². The molecular weight excluding hydrogens is 320 g/mol. The number of hydrogen-bond acceptors (Lipinski definition) is 5. The second kappa shape index (κ2) is 7.56. The van der Waals surface area contributed by atoms with Crippen LogP contribution in [0.3, 0.4) is 0 Å². The maximum atomic E-state index is 12.5. The van der Waals surface area contributed by atoms with E-state index in [9.17, 15) is 18.0 Å². The molecule has 0 radical (unpaired) electrons. The summed E-state index contributed by atoms with van der Waals surface area (Å²) in [5.41, 5.74) is 0.350. The third-order valence-corrected chi connectivity index (χ3v) is 5.37. The van der Waals surface area contributed by atoms with Crippen molar-refractivity contribution in [3.05, 3.63) is 24.3 Å². The van der Waals surface area contributed by atoms with E-state index < -0.39 is 28.5 Å². The highest BCUT2D eigenvalue weighted by atomic mass is 32.2. The molecule has 1 heterocycles. The van der Waals surface area contributed by atoms with E-state index in [4.69, 9.17) is 4.74 Å². The number of esters is 1. The van der Waals surface area contributed by atoms with Gasteiger partial charge in [-0.25, -0.2) is 8.42 Å². The van der Waals surface area contributed by atoms with Crippen LogP contribution in [-0.2, 0) is 24.3 Å². The summed E-state index contributed by atoms with van der Waals surface area (Å²) < 4.78 is 31.1. The minimum Gasteiger partial charge on any atom is -0.456 e.